The molecule has 8 rings (SSSR count). The summed E-state index contributed by atoms with van der Waals surface area (Å²) in [5.41, 5.74) is 3.94. The molecular weight excluding hydrogens is 634 g/mol. The van der Waals surface area contributed by atoms with Crippen LogP contribution in [-0.4, -0.2) is 120 Å². The number of β-amino-alcohol motifs (C(OH)–C–C–N with tert-alkyl or cyclic N) is 2. The van der Waals surface area contributed by atoms with Crippen molar-refractivity contribution in [1.82, 2.24) is 14.7 Å². The van der Waals surface area contributed by atoms with Gasteiger partial charge in [-0.25, -0.2) is 0 Å². The molecule has 0 spiro atoms. The van der Waals surface area contributed by atoms with Crippen molar-refractivity contribution in [2.45, 2.75) is 37.9 Å². The van der Waals surface area contributed by atoms with Crippen molar-refractivity contribution in [3.63, 3.8) is 0 Å². The lowest BCUT2D eigenvalue weighted by molar-refractivity contribution is 0.0596. The van der Waals surface area contributed by atoms with Crippen LogP contribution >= 0.6 is 0 Å². The lowest BCUT2D eigenvalue weighted by Crippen LogP contribution is -2.42. The van der Waals surface area contributed by atoms with Crippen LogP contribution < -0.4 is 9.80 Å². The van der Waals surface area contributed by atoms with E-state index < -0.39 is 0 Å². The van der Waals surface area contributed by atoms with Crippen LogP contribution in [-0.2, 0) is 0 Å². The quantitative estimate of drug-likeness (QED) is 0.242. The summed E-state index contributed by atoms with van der Waals surface area (Å²) in [5.74, 6) is -1.18. The number of amides is 4. The molecule has 50 heavy (non-hydrogen) atoms. The van der Waals surface area contributed by atoms with E-state index in [0.29, 0.717) is 84.9 Å². The maximum absolute atomic E-state index is 13.6. The zero-order valence-corrected chi connectivity index (χ0v) is 28.2. The van der Waals surface area contributed by atoms with Crippen LogP contribution in [0.2, 0.25) is 0 Å². The van der Waals surface area contributed by atoms with Crippen molar-refractivity contribution in [3.05, 3.63) is 82.9 Å². The van der Waals surface area contributed by atoms with Crippen LogP contribution in [0.25, 0.3) is 21.5 Å². The van der Waals surface area contributed by atoms with Crippen LogP contribution in [0.5, 0.6) is 0 Å². The number of carbonyl (C=O) groups is 4. The van der Waals surface area contributed by atoms with E-state index in [4.69, 9.17) is 0 Å². The van der Waals surface area contributed by atoms with Crippen LogP contribution in [0.15, 0.2) is 60.7 Å². The van der Waals surface area contributed by atoms with E-state index in [-0.39, 0.29) is 48.9 Å². The number of aliphatic hydroxyl groups excluding tert-OH is 2. The Morgan fingerprint density at radius 3 is 1.38 bits per heavy atom. The monoisotopic (exact) mass is 675 g/mol. The van der Waals surface area contributed by atoms with Gasteiger partial charge in [-0.15, -0.1) is 0 Å². The van der Waals surface area contributed by atoms with Crippen molar-refractivity contribution in [2.75, 3.05) is 69.2 Å². The molecule has 2 N–H and O–H groups in total. The number of hydrogen-bond donors (Lipinski definition) is 2. The Labute approximate surface area is 290 Å². The van der Waals surface area contributed by atoms with Gasteiger partial charge in [-0.1, -0.05) is 24.3 Å². The number of nitrogens with zero attached hydrogens (tertiary/aromatic N) is 5. The number of carbonyl (C=O) groups excluding carboxylic acids is 4. The molecule has 4 amide bonds. The summed E-state index contributed by atoms with van der Waals surface area (Å²) in [6.45, 7) is 4.32. The molecule has 0 aromatic heterocycles. The second-order valence-corrected chi connectivity index (χ2v) is 14.0. The van der Waals surface area contributed by atoms with Gasteiger partial charge in [-0.05, 0) is 82.2 Å². The Bertz CT molecular complexity index is 1870. The first-order chi connectivity index (χ1) is 24.2. The molecule has 0 bridgehead atoms. The van der Waals surface area contributed by atoms with E-state index >= 15 is 0 Å². The van der Waals surface area contributed by atoms with Crippen molar-refractivity contribution < 1.29 is 29.4 Å². The Kier molecular flexibility index (Phi) is 8.29. The predicted molar refractivity (Wildman–Crippen MR) is 191 cm³/mol. The molecule has 258 valence electrons. The van der Waals surface area contributed by atoms with Crippen LogP contribution in [0, 0.1) is 0 Å². The first kappa shape index (κ1) is 32.4. The maximum Gasteiger partial charge on any atom is 0.261 e. The molecule has 11 heteroatoms. The summed E-state index contributed by atoms with van der Waals surface area (Å²) in [6, 6.07) is 18.6. The largest absolute Gasteiger partial charge is 0.391 e. The minimum Gasteiger partial charge on any atom is -0.391 e. The number of benzene rings is 4. The molecular formula is C39H41N5O6. The molecule has 2 atom stereocenters. The molecule has 0 saturated carbocycles. The van der Waals surface area contributed by atoms with Crippen molar-refractivity contribution >= 4 is 56.5 Å². The van der Waals surface area contributed by atoms with Crippen LogP contribution in [0.4, 0.5) is 11.4 Å². The molecule has 4 aliphatic heterocycles. The Hall–Kier alpha value is -4.84. The second-order valence-electron chi connectivity index (χ2n) is 14.0. The smallest absolute Gasteiger partial charge is 0.261 e. The SMILES string of the molecule is CN(CCCN1C(=O)c2cccc3c(N4CC[C@H](O)C4)ccc(c23)C1=O)CCCN1C(=O)c2cccc3c(N4CC[C@H](O)C4)ccc(c23)C1=O. The van der Waals surface area contributed by atoms with Gasteiger partial charge < -0.3 is 24.9 Å². The summed E-state index contributed by atoms with van der Waals surface area (Å²) in [7, 11) is 1.96. The van der Waals surface area contributed by atoms with E-state index in [1.807, 2.05) is 43.4 Å². The number of imide groups is 2. The third-order valence-corrected chi connectivity index (χ3v) is 10.8. The molecule has 11 nitrogen and oxygen atoms in total. The molecule has 4 aromatic rings. The molecule has 4 heterocycles. The third kappa shape index (κ3) is 5.40. The number of anilines is 2. The highest BCUT2D eigenvalue weighted by Crippen LogP contribution is 2.38. The van der Waals surface area contributed by atoms with Gasteiger partial charge in [-0.2, -0.15) is 0 Å². The predicted octanol–water partition coefficient (Wildman–Crippen LogP) is 3.74. The number of hydrogen-bond acceptors (Lipinski definition) is 9. The van der Waals surface area contributed by atoms with E-state index in [9.17, 15) is 29.4 Å². The highest BCUT2D eigenvalue weighted by molar-refractivity contribution is 6.28. The van der Waals surface area contributed by atoms with Gasteiger partial charge in [0.05, 0.1) is 12.2 Å². The first-order valence-electron chi connectivity index (χ1n) is 17.6. The van der Waals surface area contributed by atoms with Gasteiger partial charge >= 0.3 is 0 Å². The molecule has 0 aliphatic carbocycles. The van der Waals surface area contributed by atoms with Crippen LogP contribution in [0.1, 0.15) is 67.1 Å². The fourth-order valence-corrected chi connectivity index (χ4v) is 8.25. The summed E-state index contributed by atoms with van der Waals surface area (Å²) in [4.78, 5) is 63.4. The minimum atomic E-state index is -0.383. The van der Waals surface area contributed by atoms with Crippen molar-refractivity contribution in [2.24, 2.45) is 0 Å². The van der Waals surface area contributed by atoms with E-state index in [2.05, 4.69) is 14.7 Å². The molecule has 0 radical (unpaired) electrons. The lowest BCUT2D eigenvalue weighted by atomic mass is 9.92. The fraction of sp³-hybridized carbons (Fsp3) is 0.385. The summed E-state index contributed by atoms with van der Waals surface area (Å²) in [6.07, 6.45) is 1.77. The second kappa shape index (κ2) is 12.8. The Morgan fingerprint density at radius 2 is 1.00 bits per heavy atom. The average Bonchev–Trinajstić information content (AvgIpc) is 3.76. The van der Waals surface area contributed by atoms with Gasteiger partial charge in [0.2, 0.25) is 0 Å². The fourth-order valence-electron chi connectivity index (χ4n) is 8.25. The normalized spacial score (nSPS) is 20.5. The standard InChI is InChI=1S/C39H41N5O6/c1-40(16-4-18-43-36(47)28-8-2-6-26-32(41-20-14-24(45)22-41)12-10-30(34(26)28)38(43)49)17-5-19-44-37(48)29-9-3-7-27-33(42-21-15-25(46)23-42)13-11-31(35(27)29)39(44)50/h2-3,6-13,24-25,45-46H,4-5,14-23H2,1H3/t24-,25-/m0/s1. The summed E-state index contributed by atoms with van der Waals surface area (Å²) < 4.78 is 0. The van der Waals surface area contributed by atoms with Crippen LogP contribution in [0.3, 0.4) is 0 Å². The molecule has 2 fully saturated rings. The van der Waals surface area contributed by atoms with E-state index in [1.165, 1.54) is 9.80 Å². The molecule has 0 unspecified atom stereocenters. The summed E-state index contributed by atoms with van der Waals surface area (Å²) in [5, 5.41) is 23.2. The van der Waals surface area contributed by atoms with Gasteiger partial charge in [0.1, 0.15) is 0 Å². The highest BCUT2D eigenvalue weighted by Gasteiger charge is 2.36. The number of aliphatic hydroxyl groups is 2. The van der Waals surface area contributed by atoms with Crippen molar-refractivity contribution in [1.29, 1.82) is 0 Å². The highest BCUT2D eigenvalue weighted by atomic mass is 16.3. The van der Waals surface area contributed by atoms with Crippen molar-refractivity contribution in [3.8, 4) is 0 Å². The third-order valence-electron chi connectivity index (χ3n) is 10.8. The van der Waals surface area contributed by atoms with Gasteiger partial charge in [0.25, 0.3) is 23.6 Å². The van der Waals surface area contributed by atoms with Gasteiger partial charge in [-0.3, -0.25) is 29.0 Å². The molecule has 2 saturated heterocycles. The number of rotatable bonds is 10. The van der Waals surface area contributed by atoms with E-state index in [1.54, 1.807) is 24.3 Å². The lowest BCUT2D eigenvalue weighted by Gasteiger charge is -2.30. The average molecular weight is 676 g/mol. The van der Waals surface area contributed by atoms with Gasteiger partial charge in [0, 0.05) is 94.4 Å². The zero-order valence-electron chi connectivity index (χ0n) is 28.2. The Morgan fingerprint density at radius 1 is 0.600 bits per heavy atom. The molecule has 4 aliphatic rings. The first-order valence-corrected chi connectivity index (χ1v) is 17.6. The zero-order chi connectivity index (χ0) is 34.7. The molecule has 4 aromatic carbocycles. The topological polar surface area (TPSA) is 125 Å². The maximum atomic E-state index is 13.6. The Balaban J connectivity index is 0.882. The van der Waals surface area contributed by atoms with Gasteiger partial charge in [0.15, 0.2) is 0 Å². The minimum absolute atomic E-state index is 0.278. The van der Waals surface area contributed by atoms with E-state index in [0.717, 1.165) is 35.2 Å². The summed E-state index contributed by atoms with van der Waals surface area (Å²) >= 11 is 0.